The summed E-state index contributed by atoms with van der Waals surface area (Å²) in [5, 5.41) is 0. The van der Waals surface area contributed by atoms with Crippen molar-refractivity contribution in [2.24, 2.45) is 0 Å². The van der Waals surface area contributed by atoms with Gasteiger partial charge in [-0.2, -0.15) is 0 Å². The molecule has 0 radical (unpaired) electrons. The number of rotatable bonds is 7. The molecule has 174 valence electrons. The van der Waals surface area contributed by atoms with Gasteiger partial charge in [-0.05, 0) is 35.4 Å². The first kappa shape index (κ1) is 21.8. The van der Waals surface area contributed by atoms with E-state index in [-0.39, 0.29) is 0 Å². The SMILES string of the molecule is C=CCn1c(-c2ccccc2-c2ccccc2-c2nc3ccccc3n2CC=C)nc2ccccc21. The van der Waals surface area contributed by atoms with Gasteiger partial charge in [-0.1, -0.05) is 84.9 Å². The molecule has 0 bridgehead atoms. The molecule has 0 N–H and O–H groups in total. The maximum absolute atomic E-state index is 5.05. The monoisotopic (exact) mass is 466 g/mol. The van der Waals surface area contributed by atoms with Gasteiger partial charge in [-0.3, -0.25) is 0 Å². The molecule has 4 heteroatoms. The lowest BCUT2D eigenvalue weighted by Crippen LogP contribution is -2.01. The van der Waals surface area contributed by atoms with Crippen molar-refractivity contribution in [1.29, 1.82) is 0 Å². The molecule has 36 heavy (non-hydrogen) atoms. The number of benzene rings is 4. The molecule has 0 unspecified atom stereocenters. The van der Waals surface area contributed by atoms with Gasteiger partial charge in [-0.15, -0.1) is 13.2 Å². The first-order valence-electron chi connectivity index (χ1n) is 12.1. The van der Waals surface area contributed by atoms with E-state index in [1.165, 1.54) is 0 Å². The van der Waals surface area contributed by atoms with Crippen LogP contribution in [0, 0.1) is 0 Å². The van der Waals surface area contributed by atoms with Crippen LogP contribution < -0.4 is 0 Å². The minimum Gasteiger partial charge on any atom is -0.320 e. The Bertz CT molecular complexity index is 1600. The third-order valence-corrected chi connectivity index (χ3v) is 6.56. The summed E-state index contributed by atoms with van der Waals surface area (Å²) in [6, 6.07) is 33.5. The van der Waals surface area contributed by atoms with Crippen molar-refractivity contribution in [3.05, 3.63) is 122 Å². The summed E-state index contributed by atoms with van der Waals surface area (Å²) in [4.78, 5) is 10.1. The molecule has 4 nitrogen and oxygen atoms in total. The predicted molar refractivity (Wildman–Crippen MR) is 150 cm³/mol. The summed E-state index contributed by atoms with van der Waals surface area (Å²) in [5.74, 6) is 1.86. The van der Waals surface area contributed by atoms with E-state index in [1.54, 1.807) is 0 Å². The van der Waals surface area contributed by atoms with E-state index in [2.05, 4.69) is 107 Å². The largest absolute Gasteiger partial charge is 0.320 e. The molecule has 0 atom stereocenters. The number of fused-ring (bicyclic) bond motifs is 2. The van der Waals surface area contributed by atoms with Crippen LogP contribution in [0.1, 0.15) is 0 Å². The van der Waals surface area contributed by atoms with Crippen molar-refractivity contribution in [2.75, 3.05) is 0 Å². The van der Waals surface area contributed by atoms with Crippen molar-refractivity contribution in [1.82, 2.24) is 19.1 Å². The molecule has 0 amide bonds. The standard InChI is InChI=1S/C32H26N4/c1-3-21-35-29-19-11-9-17-27(29)33-31(35)25-15-7-5-13-23(25)24-14-6-8-16-26(24)32-34-28-18-10-12-20-30(28)36(32)22-4-2/h3-20H,1-2,21-22H2. The highest BCUT2D eigenvalue weighted by Gasteiger charge is 2.20. The van der Waals surface area contributed by atoms with Gasteiger partial charge in [0.05, 0.1) is 22.1 Å². The number of hydrogen-bond donors (Lipinski definition) is 0. The second-order valence-corrected chi connectivity index (χ2v) is 8.74. The van der Waals surface area contributed by atoms with Crippen LogP contribution in [0.3, 0.4) is 0 Å². The fraction of sp³-hybridized carbons (Fsp3) is 0.0625. The van der Waals surface area contributed by atoms with Gasteiger partial charge in [0, 0.05) is 24.2 Å². The number of nitrogens with zero attached hydrogens (tertiary/aromatic N) is 4. The minimum atomic E-state index is 0.682. The van der Waals surface area contributed by atoms with E-state index in [4.69, 9.17) is 9.97 Å². The Kier molecular flexibility index (Phi) is 5.55. The van der Waals surface area contributed by atoms with Gasteiger partial charge in [0.2, 0.25) is 0 Å². The number of aromatic nitrogens is 4. The van der Waals surface area contributed by atoms with Crippen molar-refractivity contribution in [2.45, 2.75) is 13.1 Å². The number of hydrogen-bond acceptors (Lipinski definition) is 2. The maximum Gasteiger partial charge on any atom is 0.142 e. The lowest BCUT2D eigenvalue weighted by molar-refractivity contribution is 0.861. The molecule has 4 aromatic carbocycles. The van der Waals surface area contributed by atoms with Crippen LogP contribution in [0.2, 0.25) is 0 Å². The molecule has 6 rings (SSSR count). The molecule has 0 aliphatic rings. The third-order valence-electron chi connectivity index (χ3n) is 6.56. The molecule has 2 heterocycles. The highest BCUT2D eigenvalue weighted by molar-refractivity contribution is 5.93. The maximum atomic E-state index is 5.05. The van der Waals surface area contributed by atoms with Gasteiger partial charge in [0.15, 0.2) is 0 Å². The Hall–Kier alpha value is -4.70. The van der Waals surface area contributed by atoms with Crippen LogP contribution in [-0.4, -0.2) is 19.1 Å². The Morgan fingerprint density at radius 2 is 0.861 bits per heavy atom. The molecule has 0 fully saturated rings. The van der Waals surface area contributed by atoms with Crippen LogP contribution in [0.15, 0.2) is 122 Å². The van der Waals surface area contributed by atoms with Crippen LogP contribution >= 0.6 is 0 Å². The summed E-state index contributed by atoms with van der Waals surface area (Å²) < 4.78 is 4.47. The van der Waals surface area contributed by atoms with E-state index in [9.17, 15) is 0 Å². The first-order chi connectivity index (χ1) is 17.8. The molecule has 2 aromatic heterocycles. The molecule has 0 aliphatic heterocycles. The van der Waals surface area contributed by atoms with Gasteiger partial charge in [0.1, 0.15) is 11.6 Å². The van der Waals surface area contributed by atoms with Gasteiger partial charge >= 0.3 is 0 Å². The summed E-state index contributed by atoms with van der Waals surface area (Å²) in [7, 11) is 0. The molecule has 0 spiro atoms. The van der Waals surface area contributed by atoms with Gasteiger partial charge in [0.25, 0.3) is 0 Å². The zero-order chi connectivity index (χ0) is 24.5. The topological polar surface area (TPSA) is 35.6 Å². The number of para-hydroxylation sites is 4. The summed E-state index contributed by atoms with van der Waals surface area (Å²) in [6.07, 6.45) is 3.84. The molecule has 0 saturated heterocycles. The second-order valence-electron chi connectivity index (χ2n) is 8.74. The summed E-state index contributed by atoms with van der Waals surface area (Å²) in [5.41, 5.74) is 8.54. The first-order valence-corrected chi connectivity index (χ1v) is 12.1. The lowest BCUT2D eigenvalue weighted by atomic mass is 9.94. The van der Waals surface area contributed by atoms with Crippen LogP contribution in [0.5, 0.6) is 0 Å². The molecule has 6 aromatic rings. The predicted octanol–water partition coefficient (Wildman–Crippen LogP) is 7.76. The van der Waals surface area contributed by atoms with Crippen LogP contribution in [0.25, 0.3) is 56.0 Å². The second kappa shape index (κ2) is 9.16. The Morgan fingerprint density at radius 3 is 1.28 bits per heavy atom. The van der Waals surface area contributed by atoms with E-state index >= 15 is 0 Å². The fourth-order valence-electron chi connectivity index (χ4n) is 5.02. The number of imidazole rings is 2. The fourth-order valence-corrected chi connectivity index (χ4v) is 5.02. The summed E-state index contributed by atoms with van der Waals surface area (Å²) in [6.45, 7) is 9.35. The van der Waals surface area contributed by atoms with Crippen molar-refractivity contribution in [3.63, 3.8) is 0 Å². The molecular formula is C32H26N4. The molecule has 0 saturated carbocycles. The van der Waals surface area contributed by atoms with Gasteiger partial charge < -0.3 is 9.13 Å². The average Bonchev–Trinajstić information content (AvgIpc) is 3.48. The zero-order valence-electron chi connectivity index (χ0n) is 20.0. The van der Waals surface area contributed by atoms with E-state index in [0.717, 1.165) is 56.0 Å². The normalized spacial score (nSPS) is 11.2. The summed E-state index contributed by atoms with van der Waals surface area (Å²) >= 11 is 0. The van der Waals surface area contributed by atoms with Crippen LogP contribution in [0.4, 0.5) is 0 Å². The molecule has 0 aliphatic carbocycles. The highest BCUT2D eigenvalue weighted by atomic mass is 15.1. The lowest BCUT2D eigenvalue weighted by Gasteiger charge is -2.15. The average molecular weight is 467 g/mol. The Morgan fingerprint density at radius 1 is 0.500 bits per heavy atom. The highest BCUT2D eigenvalue weighted by Crippen LogP contribution is 2.39. The third kappa shape index (κ3) is 3.55. The van der Waals surface area contributed by atoms with E-state index < -0.39 is 0 Å². The molecular weight excluding hydrogens is 440 g/mol. The number of allylic oxidation sites excluding steroid dienone is 2. The smallest absolute Gasteiger partial charge is 0.142 e. The van der Waals surface area contributed by atoms with Crippen molar-refractivity contribution >= 4 is 22.1 Å². The van der Waals surface area contributed by atoms with Crippen LogP contribution in [-0.2, 0) is 13.1 Å². The Labute approximate surface area is 210 Å². The van der Waals surface area contributed by atoms with E-state index in [0.29, 0.717) is 13.1 Å². The quantitative estimate of drug-likeness (QED) is 0.225. The van der Waals surface area contributed by atoms with E-state index in [1.807, 2.05) is 24.3 Å². The Balaban J connectivity index is 1.61. The van der Waals surface area contributed by atoms with Crippen molar-refractivity contribution < 1.29 is 0 Å². The zero-order valence-corrected chi connectivity index (χ0v) is 20.0. The van der Waals surface area contributed by atoms with Crippen molar-refractivity contribution in [3.8, 4) is 33.9 Å². The minimum absolute atomic E-state index is 0.682. The van der Waals surface area contributed by atoms with Gasteiger partial charge in [-0.25, -0.2) is 9.97 Å².